The van der Waals surface area contributed by atoms with E-state index in [1.807, 2.05) is 0 Å². The Balaban J connectivity index is 1.14. The summed E-state index contributed by atoms with van der Waals surface area (Å²) in [6.07, 6.45) is 8.41. The molecule has 2 bridgehead atoms. The van der Waals surface area contributed by atoms with Gasteiger partial charge in [0.2, 0.25) is 16.9 Å². The zero-order chi connectivity index (χ0) is 16.3. The molecule has 6 nitrogen and oxygen atoms in total. The van der Waals surface area contributed by atoms with Gasteiger partial charge in [-0.25, -0.2) is 4.98 Å². The minimum Gasteiger partial charge on any atom is -0.360 e. The summed E-state index contributed by atoms with van der Waals surface area (Å²) in [5, 5.41) is 4.11. The van der Waals surface area contributed by atoms with Crippen molar-refractivity contribution in [3.05, 3.63) is 18.0 Å². The maximum absolute atomic E-state index is 12.6. The number of nitrogens with one attached hydrogen (secondary N) is 1. The van der Waals surface area contributed by atoms with E-state index in [1.54, 1.807) is 0 Å². The highest BCUT2D eigenvalue weighted by molar-refractivity contribution is 7.09. The smallest absolute Gasteiger partial charge is 0.233 e. The van der Waals surface area contributed by atoms with Crippen LogP contribution in [0, 0.1) is 23.7 Å². The van der Waals surface area contributed by atoms with Crippen molar-refractivity contribution in [2.24, 2.45) is 23.7 Å². The van der Waals surface area contributed by atoms with E-state index >= 15 is 0 Å². The molecule has 4 atom stereocenters. The van der Waals surface area contributed by atoms with Crippen molar-refractivity contribution < 1.29 is 9.59 Å². The van der Waals surface area contributed by atoms with Crippen molar-refractivity contribution in [1.82, 2.24) is 14.3 Å². The van der Waals surface area contributed by atoms with Gasteiger partial charge in [-0.1, -0.05) is 12.2 Å². The van der Waals surface area contributed by atoms with Crippen molar-refractivity contribution in [1.29, 1.82) is 0 Å². The van der Waals surface area contributed by atoms with Crippen LogP contribution in [0.4, 0.5) is 5.13 Å². The first-order chi connectivity index (χ1) is 11.7. The van der Waals surface area contributed by atoms with Gasteiger partial charge in [0.15, 0.2) is 0 Å². The molecule has 5 rings (SSSR count). The van der Waals surface area contributed by atoms with Crippen LogP contribution >= 0.6 is 11.5 Å². The number of carbonyl (C=O) groups excluding carboxylic acids is 2. The Bertz CT molecular complexity index is 696. The molecule has 1 aromatic heterocycles. The molecule has 4 aliphatic rings. The Morgan fingerprint density at radius 2 is 1.88 bits per heavy atom. The second kappa shape index (κ2) is 5.37. The zero-order valence-electron chi connectivity index (χ0n) is 13.4. The molecule has 2 saturated carbocycles. The van der Waals surface area contributed by atoms with Gasteiger partial charge < -0.3 is 5.32 Å². The molecule has 1 saturated heterocycles. The highest BCUT2D eigenvalue weighted by atomic mass is 32.1. The summed E-state index contributed by atoms with van der Waals surface area (Å²) < 4.78 is 4.36. The number of likely N-dealkylation sites (tertiary alicyclic amines) is 1. The van der Waals surface area contributed by atoms with Crippen LogP contribution in [0.3, 0.4) is 0 Å². The summed E-state index contributed by atoms with van der Waals surface area (Å²) in [4.78, 5) is 31.1. The van der Waals surface area contributed by atoms with Crippen LogP contribution in [0.2, 0.25) is 0 Å². The van der Waals surface area contributed by atoms with E-state index in [4.69, 9.17) is 0 Å². The molecule has 1 aromatic rings. The second-order valence-electron chi connectivity index (χ2n) is 7.34. The molecule has 1 aliphatic heterocycles. The molecule has 7 heteroatoms. The van der Waals surface area contributed by atoms with Gasteiger partial charge in [-0.2, -0.15) is 4.37 Å². The molecular weight excluding hydrogens is 324 g/mol. The van der Waals surface area contributed by atoms with Crippen LogP contribution in [0.5, 0.6) is 0 Å². The number of imide groups is 1. The van der Waals surface area contributed by atoms with Gasteiger partial charge in [0.25, 0.3) is 0 Å². The number of amides is 2. The van der Waals surface area contributed by atoms with Crippen LogP contribution in [0.15, 0.2) is 12.2 Å². The van der Waals surface area contributed by atoms with Crippen molar-refractivity contribution in [3.8, 4) is 0 Å². The van der Waals surface area contributed by atoms with Gasteiger partial charge in [0, 0.05) is 30.5 Å². The van der Waals surface area contributed by atoms with Gasteiger partial charge in [0.05, 0.1) is 11.8 Å². The summed E-state index contributed by atoms with van der Waals surface area (Å²) >= 11 is 1.40. The van der Waals surface area contributed by atoms with Crippen molar-refractivity contribution >= 4 is 28.5 Å². The second-order valence-corrected chi connectivity index (χ2v) is 8.09. The number of anilines is 1. The Hall–Kier alpha value is -1.76. The van der Waals surface area contributed by atoms with Crippen LogP contribution in [0.1, 0.15) is 37.4 Å². The largest absolute Gasteiger partial charge is 0.360 e. The minimum absolute atomic E-state index is 0.0498. The van der Waals surface area contributed by atoms with Crippen molar-refractivity contribution in [2.45, 2.75) is 31.6 Å². The Kier molecular flexibility index (Phi) is 3.26. The molecule has 0 aromatic carbocycles. The number of fused-ring (bicyclic) bond motifs is 5. The van der Waals surface area contributed by atoms with Crippen molar-refractivity contribution in [2.75, 3.05) is 18.4 Å². The van der Waals surface area contributed by atoms with E-state index in [-0.39, 0.29) is 23.7 Å². The average molecular weight is 344 g/mol. The molecule has 3 fully saturated rings. The number of aromatic nitrogens is 2. The number of hydrogen-bond acceptors (Lipinski definition) is 6. The van der Waals surface area contributed by atoms with E-state index in [9.17, 15) is 9.59 Å². The molecule has 126 valence electrons. The molecule has 0 unspecified atom stereocenters. The first kappa shape index (κ1) is 14.6. The molecular formula is C17H20N4O2S. The van der Waals surface area contributed by atoms with Crippen LogP contribution in [-0.4, -0.2) is 39.2 Å². The first-order valence-electron chi connectivity index (χ1n) is 8.83. The van der Waals surface area contributed by atoms with E-state index < -0.39 is 0 Å². The monoisotopic (exact) mass is 344 g/mol. The summed E-state index contributed by atoms with van der Waals surface area (Å²) in [7, 11) is 0. The maximum atomic E-state index is 12.6. The molecule has 24 heavy (non-hydrogen) atoms. The van der Waals surface area contributed by atoms with Gasteiger partial charge in [-0.3, -0.25) is 14.5 Å². The lowest BCUT2D eigenvalue weighted by Gasteiger charge is -2.17. The van der Waals surface area contributed by atoms with E-state index in [1.165, 1.54) is 29.3 Å². The molecule has 0 spiro atoms. The first-order valence-corrected chi connectivity index (χ1v) is 9.61. The molecule has 1 N–H and O–H groups in total. The Morgan fingerprint density at radius 3 is 2.54 bits per heavy atom. The number of nitrogens with zero attached hydrogens (tertiary/aromatic N) is 3. The molecule has 2 heterocycles. The summed E-state index contributed by atoms with van der Waals surface area (Å²) in [5.41, 5.74) is 0. The SMILES string of the molecule is O=C1[C@H]2[C@H](C(=O)N1CCCNc1nc(C3CC3)ns1)[C@H]1C=C[C@H]2C1. The van der Waals surface area contributed by atoms with Gasteiger partial charge in [-0.05, 0) is 37.5 Å². The predicted octanol–water partition coefficient (Wildman–Crippen LogP) is 2.02. The zero-order valence-corrected chi connectivity index (χ0v) is 14.2. The number of allylic oxidation sites excluding steroid dienone is 2. The highest BCUT2D eigenvalue weighted by Crippen LogP contribution is 2.52. The lowest BCUT2D eigenvalue weighted by molar-refractivity contribution is -0.140. The fourth-order valence-electron chi connectivity index (χ4n) is 4.43. The van der Waals surface area contributed by atoms with Gasteiger partial charge >= 0.3 is 0 Å². The number of rotatable bonds is 6. The normalized spacial score (nSPS) is 33.6. The summed E-state index contributed by atoms with van der Waals surface area (Å²) in [6, 6.07) is 0. The molecule has 0 radical (unpaired) electrons. The third kappa shape index (κ3) is 2.21. The van der Waals surface area contributed by atoms with E-state index in [2.05, 4.69) is 26.8 Å². The number of carbonyl (C=O) groups is 2. The lowest BCUT2D eigenvalue weighted by atomic mass is 9.85. The van der Waals surface area contributed by atoms with E-state index in [0.29, 0.717) is 30.8 Å². The topological polar surface area (TPSA) is 75.2 Å². The van der Waals surface area contributed by atoms with E-state index in [0.717, 1.165) is 23.8 Å². The van der Waals surface area contributed by atoms with Gasteiger partial charge in [-0.15, -0.1) is 0 Å². The minimum atomic E-state index is -0.0790. The quantitative estimate of drug-likeness (QED) is 0.485. The lowest BCUT2D eigenvalue weighted by Crippen LogP contribution is -2.34. The predicted molar refractivity (Wildman–Crippen MR) is 89.4 cm³/mol. The third-order valence-electron chi connectivity index (χ3n) is 5.78. The summed E-state index contributed by atoms with van der Waals surface area (Å²) in [6.45, 7) is 1.21. The van der Waals surface area contributed by atoms with Crippen LogP contribution in [0.25, 0.3) is 0 Å². The number of hydrogen-bond donors (Lipinski definition) is 1. The Morgan fingerprint density at radius 1 is 1.17 bits per heavy atom. The van der Waals surface area contributed by atoms with Crippen LogP contribution in [-0.2, 0) is 9.59 Å². The fourth-order valence-corrected chi connectivity index (χ4v) is 5.10. The Labute approximate surface area is 144 Å². The van der Waals surface area contributed by atoms with Crippen molar-refractivity contribution in [3.63, 3.8) is 0 Å². The molecule has 2 amide bonds. The van der Waals surface area contributed by atoms with Gasteiger partial charge in [0.1, 0.15) is 5.82 Å². The third-order valence-corrected chi connectivity index (χ3v) is 6.47. The molecule has 3 aliphatic carbocycles. The fraction of sp³-hybridized carbons (Fsp3) is 0.647. The summed E-state index contributed by atoms with van der Waals surface area (Å²) in [5.74, 6) is 2.06. The maximum Gasteiger partial charge on any atom is 0.233 e. The standard InChI is InChI=1S/C17H20N4O2S/c22-15-12-10-4-5-11(8-10)13(12)16(23)21(15)7-1-6-18-17-19-14(20-24-17)9-2-3-9/h4-5,9-13H,1-3,6-8H2,(H,18,19,20)/t10-,11-,12+,13+/m0/s1. The van der Waals surface area contributed by atoms with Crippen LogP contribution < -0.4 is 5.32 Å². The highest BCUT2D eigenvalue weighted by Gasteiger charge is 2.58. The average Bonchev–Trinajstić information content (AvgIpc) is 2.96.